The first kappa shape index (κ1) is 13.6. The van der Waals surface area contributed by atoms with E-state index in [0.717, 1.165) is 42.9 Å². The van der Waals surface area contributed by atoms with Crippen molar-refractivity contribution < 1.29 is 4.52 Å². The smallest absolute Gasteiger partial charge is 0.250 e. The molecule has 0 N–H and O–H groups in total. The molecule has 0 radical (unpaired) electrons. The Morgan fingerprint density at radius 3 is 2.75 bits per heavy atom. The monoisotopic (exact) mass is 323 g/mol. The molecule has 0 spiro atoms. The third-order valence-corrected chi connectivity index (χ3v) is 4.67. The summed E-state index contributed by atoms with van der Waals surface area (Å²) in [6, 6.07) is 9.92. The third-order valence-electron chi connectivity index (χ3n) is 4.67. The molecule has 1 atom stereocenters. The van der Waals surface area contributed by atoms with Crippen molar-refractivity contribution in [2.45, 2.75) is 31.1 Å². The summed E-state index contributed by atoms with van der Waals surface area (Å²) in [6.07, 6.45) is 3.33. The van der Waals surface area contributed by atoms with Crippen molar-refractivity contribution >= 4 is 5.95 Å². The maximum absolute atomic E-state index is 5.48. The topological polar surface area (TPSA) is 85.8 Å². The van der Waals surface area contributed by atoms with E-state index in [-0.39, 0.29) is 5.92 Å². The minimum Gasteiger partial charge on any atom is -0.339 e. The van der Waals surface area contributed by atoms with E-state index in [0.29, 0.717) is 5.92 Å². The lowest BCUT2D eigenvalue weighted by Gasteiger charge is -2.16. The highest BCUT2D eigenvalue weighted by atomic mass is 16.5. The van der Waals surface area contributed by atoms with Gasteiger partial charge in [-0.2, -0.15) is 9.67 Å². The lowest BCUT2D eigenvalue weighted by molar-refractivity contribution is 0.355. The Balaban J connectivity index is 1.37. The average molecular weight is 323 g/mol. The molecule has 1 aliphatic heterocycles. The van der Waals surface area contributed by atoms with E-state index in [9.17, 15) is 0 Å². The zero-order chi connectivity index (χ0) is 15.9. The summed E-state index contributed by atoms with van der Waals surface area (Å²) in [6.45, 7) is 1.67. The fraction of sp³-hybridized carbons (Fsp3) is 0.438. The minimum atomic E-state index is 0.242. The molecule has 2 aliphatic rings. The van der Waals surface area contributed by atoms with Gasteiger partial charge in [0.2, 0.25) is 11.8 Å². The van der Waals surface area contributed by atoms with Gasteiger partial charge in [0.25, 0.3) is 0 Å². The summed E-state index contributed by atoms with van der Waals surface area (Å²) in [5.74, 6) is 3.14. The highest BCUT2D eigenvalue weighted by Crippen LogP contribution is 2.39. The molecule has 8 heteroatoms. The van der Waals surface area contributed by atoms with Gasteiger partial charge in [0, 0.05) is 19.0 Å². The zero-order valence-electron chi connectivity index (χ0n) is 13.1. The highest BCUT2D eigenvalue weighted by molar-refractivity contribution is 5.41. The van der Waals surface area contributed by atoms with Crippen LogP contribution in [0, 0.1) is 0 Å². The minimum absolute atomic E-state index is 0.242. The van der Waals surface area contributed by atoms with Crippen LogP contribution in [-0.2, 0) is 0 Å². The van der Waals surface area contributed by atoms with E-state index in [2.05, 4.69) is 30.6 Å². The maximum atomic E-state index is 5.48. The summed E-state index contributed by atoms with van der Waals surface area (Å²) < 4.78 is 7.25. The highest BCUT2D eigenvalue weighted by Gasteiger charge is 2.34. The molecule has 2 aromatic heterocycles. The first-order valence-electron chi connectivity index (χ1n) is 8.31. The number of nitrogens with zero attached hydrogens (tertiary/aromatic N) is 7. The molecule has 1 aromatic carbocycles. The molecule has 1 aliphatic carbocycles. The molecule has 24 heavy (non-hydrogen) atoms. The summed E-state index contributed by atoms with van der Waals surface area (Å²) in [5.41, 5.74) is 0.953. The molecule has 2 fully saturated rings. The zero-order valence-corrected chi connectivity index (χ0v) is 13.1. The van der Waals surface area contributed by atoms with Gasteiger partial charge in [-0.3, -0.25) is 0 Å². The average Bonchev–Trinajstić information content (AvgIpc) is 3.08. The predicted molar refractivity (Wildman–Crippen MR) is 85.0 cm³/mol. The second-order valence-corrected chi connectivity index (χ2v) is 6.42. The van der Waals surface area contributed by atoms with Crippen molar-refractivity contribution in [2.75, 3.05) is 18.0 Å². The molecule has 1 saturated heterocycles. The quantitative estimate of drug-likeness (QED) is 0.725. The van der Waals surface area contributed by atoms with Crippen molar-refractivity contribution in [3.63, 3.8) is 0 Å². The number of para-hydroxylation sites is 1. The van der Waals surface area contributed by atoms with Gasteiger partial charge in [-0.25, -0.2) is 0 Å². The summed E-state index contributed by atoms with van der Waals surface area (Å²) in [4.78, 5) is 6.77. The number of rotatable bonds is 4. The summed E-state index contributed by atoms with van der Waals surface area (Å²) in [7, 11) is 0. The standard InChI is InChI=1S/C16H17N7O/c1-2-4-13(5-3-1)23-16(18-20-21-23)22-9-8-12(10-22)15-17-14(19-24-15)11-6-7-11/h1-5,11-12H,6-10H2/t12-/m1/s1. The first-order valence-corrected chi connectivity index (χ1v) is 8.31. The lowest BCUT2D eigenvalue weighted by atomic mass is 10.1. The van der Waals surface area contributed by atoms with E-state index in [1.807, 2.05) is 30.3 Å². The van der Waals surface area contributed by atoms with E-state index < -0.39 is 0 Å². The molecule has 3 aromatic rings. The Labute approximate surface area is 138 Å². The van der Waals surface area contributed by atoms with Crippen LogP contribution in [0.25, 0.3) is 5.69 Å². The van der Waals surface area contributed by atoms with Gasteiger partial charge in [-0.05, 0) is 41.8 Å². The molecule has 0 bridgehead atoms. The van der Waals surface area contributed by atoms with Crippen molar-refractivity contribution in [3.8, 4) is 5.69 Å². The van der Waals surface area contributed by atoms with Crippen LogP contribution in [0.2, 0.25) is 0 Å². The molecule has 8 nitrogen and oxygen atoms in total. The molecule has 0 amide bonds. The molecule has 0 unspecified atom stereocenters. The lowest BCUT2D eigenvalue weighted by Crippen LogP contribution is -2.23. The van der Waals surface area contributed by atoms with E-state index in [1.54, 1.807) is 4.68 Å². The number of anilines is 1. The van der Waals surface area contributed by atoms with Crippen LogP contribution in [0.3, 0.4) is 0 Å². The Morgan fingerprint density at radius 2 is 1.92 bits per heavy atom. The largest absolute Gasteiger partial charge is 0.339 e. The molecular weight excluding hydrogens is 306 g/mol. The second kappa shape index (κ2) is 5.40. The van der Waals surface area contributed by atoms with Crippen LogP contribution in [0.15, 0.2) is 34.9 Å². The van der Waals surface area contributed by atoms with Crippen LogP contribution >= 0.6 is 0 Å². The molecule has 1 saturated carbocycles. The van der Waals surface area contributed by atoms with Crippen LogP contribution in [-0.4, -0.2) is 43.4 Å². The van der Waals surface area contributed by atoms with Crippen LogP contribution in [0.5, 0.6) is 0 Å². The number of aromatic nitrogens is 6. The van der Waals surface area contributed by atoms with E-state index in [4.69, 9.17) is 4.52 Å². The Morgan fingerprint density at radius 1 is 1.04 bits per heavy atom. The number of hydrogen-bond donors (Lipinski definition) is 0. The Bertz CT molecular complexity index is 839. The fourth-order valence-corrected chi connectivity index (χ4v) is 3.18. The van der Waals surface area contributed by atoms with E-state index in [1.165, 1.54) is 12.8 Å². The van der Waals surface area contributed by atoms with Crippen molar-refractivity contribution in [1.82, 2.24) is 30.3 Å². The van der Waals surface area contributed by atoms with Gasteiger partial charge in [-0.1, -0.05) is 28.5 Å². The van der Waals surface area contributed by atoms with Gasteiger partial charge in [-0.15, -0.1) is 0 Å². The van der Waals surface area contributed by atoms with Gasteiger partial charge in [0.1, 0.15) is 0 Å². The van der Waals surface area contributed by atoms with Crippen molar-refractivity contribution in [1.29, 1.82) is 0 Å². The maximum Gasteiger partial charge on any atom is 0.250 e. The number of tetrazole rings is 1. The Hall–Kier alpha value is -2.77. The number of benzene rings is 1. The van der Waals surface area contributed by atoms with Crippen molar-refractivity contribution in [2.24, 2.45) is 0 Å². The van der Waals surface area contributed by atoms with Gasteiger partial charge in [0.15, 0.2) is 5.82 Å². The predicted octanol–water partition coefficient (Wildman–Crippen LogP) is 1.92. The van der Waals surface area contributed by atoms with Gasteiger partial charge >= 0.3 is 0 Å². The Kier molecular flexibility index (Phi) is 3.07. The van der Waals surface area contributed by atoms with Gasteiger partial charge < -0.3 is 9.42 Å². The normalized spacial score (nSPS) is 20.7. The number of hydrogen-bond acceptors (Lipinski definition) is 7. The van der Waals surface area contributed by atoms with Gasteiger partial charge in [0.05, 0.1) is 11.6 Å². The second-order valence-electron chi connectivity index (χ2n) is 6.42. The molecular formula is C16H17N7O. The fourth-order valence-electron chi connectivity index (χ4n) is 3.18. The third kappa shape index (κ3) is 2.34. The SMILES string of the molecule is c1ccc(-n2nnnc2N2CC[C@@H](c3nc(C4CC4)no3)C2)cc1. The first-order chi connectivity index (χ1) is 11.9. The summed E-state index contributed by atoms with van der Waals surface area (Å²) in [5, 5.41) is 16.3. The van der Waals surface area contributed by atoms with Crippen LogP contribution in [0.1, 0.15) is 42.8 Å². The summed E-state index contributed by atoms with van der Waals surface area (Å²) >= 11 is 0. The van der Waals surface area contributed by atoms with Crippen LogP contribution < -0.4 is 4.90 Å². The van der Waals surface area contributed by atoms with Crippen molar-refractivity contribution in [3.05, 3.63) is 42.0 Å². The van der Waals surface area contributed by atoms with Crippen LogP contribution in [0.4, 0.5) is 5.95 Å². The molecule has 5 rings (SSSR count). The molecule has 122 valence electrons. The molecule has 3 heterocycles. The van der Waals surface area contributed by atoms with E-state index >= 15 is 0 Å².